The van der Waals surface area contributed by atoms with Crippen LogP contribution in [0.3, 0.4) is 0 Å². The topological polar surface area (TPSA) is 20.2 Å². The average Bonchev–Trinajstić information content (AvgIpc) is 2.54. The molecule has 1 nitrogen and oxygen atoms in total. The van der Waals surface area contributed by atoms with Gasteiger partial charge in [-0.15, -0.1) is 0 Å². The fourth-order valence-corrected chi connectivity index (χ4v) is 3.25. The Morgan fingerprint density at radius 1 is 1.00 bits per heavy atom. The Morgan fingerprint density at radius 2 is 1.70 bits per heavy atom. The van der Waals surface area contributed by atoms with Crippen molar-refractivity contribution in [1.82, 2.24) is 0 Å². The van der Waals surface area contributed by atoms with E-state index in [9.17, 15) is 13.9 Å². The Kier molecular flexibility index (Phi) is 4.21. The number of aliphatic hydroxyl groups is 1. The summed E-state index contributed by atoms with van der Waals surface area (Å²) in [7, 11) is 0. The monoisotopic (exact) mass is 376 g/mol. The number of hydrogen-bond donors (Lipinski definition) is 1. The van der Waals surface area contributed by atoms with E-state index in [2.05, 4.69) is 15.9 Å². The molecule has 23 heavy (non-hydrogen) atoms. The minimum Gasteiger partial charge on any atom is -0.376 e. The third-order valence-electron chi connectivity index (χ3n) is 3.96. The molecule has 1 atom stereocenters. The van der Waals surface area contributed by atoms with Crippen LogP contribution in [-0.4, -0.2) is 11.0 Å². The van der Waals surface area contributed by atoms with Crippen molar-refractivity contribution in [2.75, 3.05) is 0 Å². The number of allylic oxidation sites excluding steroid dienone is 3. The van der Waals surface area contributed by atoms with Crippen LogP contribution in [0.2, 0.25) is 0 Å². The molecule has 0 heterocycles. The Labute approximate surface area is 142 Å². The molecule has 118 valence electrons. The molecule has 0 aliphatic heterocycles. The highest BCUT2D eigenvalue weighted by Gasteiger charge is 2.41. The van der Waals surface area contributed by atoms with Crippen molar-refractivity contribution < 1.29 is 13.9 Å². The highest BCUT2D eigenvalue weighted by Crippen LogP contribution is 2.43. The first-order valence-corrected chi connectivity index (χ1v) is 8.02. The van der Waals surface area contributed by atoms with Crippen molar-refractivity contribution in [2.45, 2.75) is 17.9 Å². The van der Waals surface area contributed by atoms with E-state index < -0.39 is 17.9 Å². The van der Waals surface area contributed by atoms with E-state index >= 15 is 0 Å². The van der Waals surface area contributed by atoms with Gasteiger partial charge >= 0.3 is 0 Å². The molecule has 0 radical (unpaired) electrons. The second kappa shape index (κ2) is 6.02. The minimum absolute atomic E-state index is 0.273. The van der Waals surface area contributed by atoms with Gasteiger partial charge in [0.05, 0.1) is 0 Å². The third-order valence-corrected chi connectivity index (χ3v) is 4.46. The van der Waals surface area contributed by atoms with Crippen molar-refractivity contribution in [2.24, 2.45) is 0 Å². The zero-order chi connectivity index (χ0) is 16.5. The van der Waals surface area contributed by atoms with Crippen molar-refractivity contribution >= 4 is 15.9 Å². The SMILES string of the molecule is O[C@](C1=CC=CC(F)(F)C1)(c1ccccc1)c1cccc(Br)c1. The molecule has 1 N–H and O–H groups in total. The van der Waals surface area contributed by atoms with E-state index in [1.165, 1.54) is 6.08 Å². The molecule has 1 aliphatic rings. The number of halogens is 3. The molecule has 0 unspecified atom stereocenters. The molecule has 4 heteroatoms. The zero-order valence-corrected chi connectivity index (χ0v) is 13.8. The summed E-state index contributed by atoms with van der Waals surface area (Å²) in [4.78, 5) is 0. The molecule has 1 aliphatic carbocycles. The number of alkyl halides is 2. The van der Waals surface area contributed by atoms with E-state index in [0.717, 1.165) is 10.5 Å². The summed E-state index contributed by atoms with van der Waals surface area (Å²) < 4.78 is 28.5. The molecule has 0 fully saturated rings. The lowest BCUT2D eigenvalue weighted by Gasteiger charge is -2.35. The lowest BCUT2D eigenvalue weighted by Crippen LogP contribution is -2.34. The maximum absolute atomic E-state index is 13.8. The van der Waals surface area contributed by atoms with E-state index in [4.69, 9.17) is 0 Å². The summed E-state index contributed by atoms with van der Waals surface area (Å²) in [5.74, 6) is -2.96. The van der Waals surface area contributed by atoms with Crippen LogP contribution in [0, 0.1) is 0 Å². The highest BCUT2D eigenvalue weighted by molar-refractivity contribution is 9.10. The molecular formula is C19H15BrF2O. The summed E-state index contributed by atoms with van der Waals surface area (Å²) in [6.45, 7) is 0. The molecule has 2 aromatic carbocycles. The van der Waals surface area contributed by atoms with Crippen LogP contribution in [0.15, 0.2) is 82.9 Å². The standard InChI is InChI=1S/C19H15BrF2O/c20-17-10-4-8-15(12-17)19(23,14-6-2-1-3-7-14)16-9-5-11-18(21,22)13-16/h1-12,23H,13H2/t19-/m1/s1. The maximum Gasteiger partial charge on any atom is 0.270 e. The van der Waals surface area contributed by atoms with Gasteiger partial charge in [-0.05, 0) is 34.9 Å². The number of hydrogen-bond acceptors (Lipinski definition) is 1. The lowest BCUT2D eigenvalue weighted by atomic mass is 9.76. The van der Waals surface area contributed by atoms with Crippen LogP contribution in [0.1, 0.15) is 17.5 Å². The summed E-state index contributed by atoms with van der Waals surface area (Å²) in [6.07, 6.45) is 3.24. The smallest absolute Gasteiger partial charge is 0.270 e. The van der Waals surface area contributed by atoms with Gasteiger partial charge < -0.3 is 5.11 Å². The summed E-state index contributed by atoms with van der Waals surface area (Å²) in [5.41, 5.74) is -0.209. The molecule has 0 saturated heterocycles. The van der Waals surface area contributed by atoms with E-state index in [-0.39, 0.29) is 5.57 Å². The summed E-state index contributed by atoms with van der Waals surface area (Å²) in [6, 6.07) is 16.0. The first-order chi connectivity index (χ1) is 10.9. The fraction of sp³-hybridized carbons (Fsp3) is 0.158. The Morgan fingerprint density at radius 3 is 2.35 bits per heavy atom. The quantitative estimate of drug-likeness (QED) is 0.779. The summed E-state index contributed by atoms with van der Waals surface area (Å²) in [5, 5.41) is 11.5. The fourth-order valence-electron chi connectivity index (χ4n) is 2.86. The van der Waals surface area contributed by atoms with Crippen LogP contribution in [0.5, 0.6) is 0 Å². The average molecular weight is 377 g/mol. The first kappa shape index (κ1) is 16.1. The number of benzene rings is 2. The van der Waals surface area contributed by atoms with Crippen LogP contribution >= 0.6 is 15.9 Å². The second-order valence-electron chi connectivity index (χ2n) is 5.58. The van der Waals surface area contributed by atoms with Gasteiger partial charge in [-0.3, -0.25) is 0 Å². The molecule has 2 aromatic rings. The van der Waals surface area contributed by atoms with Gasteiger partial charge in [0.2, 0.25) is 0 Å². The van der Waals surface area contributed by atoms with Gasteiger partial charge in [-0.25, -0.2) is 8.78 Å². The first-order valence-electron chi connectivity index (χ1n) is 7.22. The molecule has 0 amide bonds. The number of rotatable bonds is 3. The van der Waals surface area contributed by atoms with Gasteiger partial charge in [-0.2, -0.15) is 0 Å². The Hall–Kier alpha value is -1.78. The van der Waals surface area contributed by atoms with Crippen LogP contribution < -0.4 is 0 Å². The Balaban J connectivity index is 2.19. The highest BCUT2D eigenvalue weighted by atomic mass is 79.9. The second-order valence-corrected chi connectivity index (χ2v) is 6.49. The molecule has 0 saturated carbocycles. The summed E-state index contributed by atoms with van der Waals surface area (Å²) >= 11 is 3.38. The van der Waals surface area contributed by atoms with Crippen molar-refractivity contribution in [3.8, 4) is 0 Å². The zero-order valence-electron chi connectivity index (χ0n) is 12.2. The van der Waals surface area contributed by atoms with Gasteiger partial charge in [0.1, 0.15) is 5.60 Å². The minimum atomic E-state index is -2.96. The van der Waals surface area contributed by atoms with Crippen molar-refractivity contribution in [3.05, 3.63) is 94.0 Å². The maximum atomic E-state index is 13.8. The predicted molar refractivity (Wildman–Crippen MR) is 90.4 cm³/mol. The van der Waals surface area contributed by atoms with Gasteiger partial charge in [-0.1, -0.05) is 70.5 Å². The lowest BCUT2D eigenvalue weighted by molar-refractivity contribution is 0.0336. The van der Waals surface area contributed by atoms with E-state index in [0.29, 0.717) is 11.1 Å². The molecular weight excluding hydrogens is 362 g/mol. The van der Waals surface area contributed by atoms with Gasteiger partial charge in [0, 0.05) is 10.9 Å². The van der Waals surface area contributed by atoms with Crippen LogP contribution in [-0.2, 0) is 5.60 Å². The normalized spacial score (nSPS) is 19.0. The van der Waals surface area contributed by atoms with E-state index in [1.807, 2.05) is 12.1 Å². The molecule has 3 rings (SSSR count). The predicted octanol–water partition coefficient (Wildman–Crippen LogP) is 5.21. The third kappa shape index (κ3) is 3.14. The molecule has 0 aromatic heterocycles. The van der Waals surface area contributed by atoms with Crippen molar-refractivity contribution in [3.63, 3.8) is 0 Å². The van der Waals surface area contributed by atoms with E-state index in [1.54, 1.807) is 48.5 Å². The van der Waals surface area contributed by atoms with Crippen LogP contribution in [0.25, 0.3) is 0 Å². The Bertz CT molecular complexity index is 768. The molecule has 0 spiro atoms. The van der Waals surface area contributed by atoms with Gasteiger partial charge in [0.15, 0.2) is 0 Å². The van der Waals surface area contributed by atoms with Crippen LogP contribution in [0.4, 0.5) is 8.78 Å². The van der Waals surface area contributed by atoms with Crippen molar-refractivity contribution in [1.29, 1.82) is 0 Å². The molecule has 0 bridgehead atoms. The largest absolute Gasteiger partial charge is 0.376 e. The van der Waals surface area contributed by atoms with Gasteiger partial charge in [0.25, 0.3) is 5.92 Å².